The third-order valence-corrected chi connectivity index (χ3v) is 0.558. The Bertz CT molecular complexity index is 54.3. The van der Waals surface area contributed by atoms with Gasteiger partial charge in [-0.3, -0.25) is 0 Å². The maximum atomic E-state index is 8.04. The van der Waals surface area contributed by atoms with E-state index in [-0.39, 0.29) is 6.79 Å². The first-order valence-electron chi connectivity index (χ1n) is 2.50. The summed E-state index contributed by atoms with van der Waals surface area (Å²) in [6.07, 6.45) is 2.55. The molecule has 0 aliphatic heterocycles. The van der Waals surface area contributed by atoms with Crippen molar-refractivity contribution in [1.82, 2.24) is 0 Å². The Morgan fingerprint density at radius 3 is 2.44 bits per heavy atom. The van der Waals surface area contributed by atoms with Crippen molar-refractivity contribution in [3.05, 3.63) is 12.7 Å². The molecular formula is C6H12O3. The molecule has 0 radical (unpaired) electrons. The number of carbonyl (C=O) groups excluding carboxylic acids is 1. The second kappa shape index (κ2) is 15.7. The molecule has 0 aromatic heterocycles. The summed E-state index contributed by atoms with van der Waals surface area (Å²) in [6.45, 7) is 5.85. The Balaban J connectivity index is 0. The van der Waals surface area contributed by atoms with Gasteiger partial charge in [-0.25, -0.2) is 0 Å². The van der Waals surface area contributed by atoms with E-state index in [0.29, 0.717) is 6.61 Å². The van der Waals surface area contributed by atoms with Gasteiger partial charge in [-0.15, -0.1) is 6.58 Å². The van der Waals surface area contributed by atoms with E-state index in [4.69, 9.17) is 9.90 Å². The van der Waals surface area contributed by atoms with Crippen LogP contribution in [0.5, 0.6) is 0 Å². The van der Waals surface area contributed by atoms with E-state index in [9.17, 15) is 0 Å². The van der Waals surface area contributed by atoms with Crippen LogP contribution in [0.1, 0.15) is 6.42 Å². The summed E-state index contributed by atoms with van der Waals surface area (Å²) in [6, 6.07) is 0. The molecule has 0 bridgehead atoms. The molecule has 0 heterocycles. The molecule has 3 heteroatoms. The Labute approximate surface area is 54.9 Å². The molecule has 0 saturated heterocycles. The maximum absolute atomic E-state index is 8.04. The lowest BCUT2D eigenvalue weighted by Gasteiger charge is -1.91. The minimum Gasteiger partial charge on any atom is -0.371 e. The lowest BCUT2D eigenvalue weighted by molar-refractivity contribution is -0.0979. The highest BCUT2D eigenvalue weighted by Gasteiger charge is 1.76. The monoisotopic (exact) mass is 132 g/mol. The predicted molar refractivity (Wildman–Crippen MR) is 35.0 cm³/mol. The van der Waals surface area contributed by atoms with Crippen LogP contribution in [0.15, 0.2) is 12.7 Å². The van der Waals surface area contributed by atoms with Crippen LogP contribution in [0.2, 0.25) is 0 Å². The van der Waals surface area contributed by atoms with Crippen LogP contribution in [0.4, 0.5) is 0 Å². The molecule has 0 atom stereocenters. The van der Waals surface area contributed by atoms with E-state index in [1.807, 2.05) is 6.79 Å². The van der Waals surface area contributed by atoms with Gasteiger partial charge in [0.2, 0.25) is 0 Å². The number of hydrogen-bond donors (Lipinski definition) is 1. The summed E-state index contributed by atoms with van der Waals surface area (Å²) in [7, 11) is 0. The number of rotatable bonds is 4. The highest BCUT2D eigenvalue weighted by atomic mass is 16.6. The van der Waals surface area contributed by atoms with Crippen molar-refractivity contribution < 1.29 is 14.6 Å². The molecule has 0 saturated carbocycles. The standard InChI is InChI=1S/C5H10O2.CH2O/c1-2-3-4-7-5-6;1-2/h2,6H,1,3-5H2;1H2. The molecule has 1 N–H and O–H groups in total. The molecule has 0 aromatic rings. The highest BCUT2D eigenvalue weighted by molar-refractivity contribution is 5.10. The van der Waals surface area contributed by atoms with Crippen molar-refractivity contribution in [3.63, 3.8) is 0 Å². The fourth-order valence-corrected chi connectivity index (χ4v) is 0.231. The molecular weight excluding hydrogens is 120 g/mol. The zero-order valence-electron chi connectivity index (χ0n) is 5.38. The molecule has 0 fully saturated rings. The average Bonchev–Trinajstić information content (AvgIpc) is 1.94. The van der Waals surface area contributed by atoms with Gasteiger partial charge >= 0.3 is 0 Å². The minimum atomic E-state index is -0.187. The number of aliphatic hydroxyl groups is 1. The Hall–Kier alpha value is -0.670. The van der Waals surface area contributed by atoms with Crippen molar-refractivity contribution in [2.45, 2.75) is 6.42 Å². The normalized spacial score (nSPS) is 7.22. The Morgan fingerprint density at radius 1 is 1.56 bits per heavy atom. The number of aliphatic hydroxyl groups excluding tert-OH is 1. The summed E-state index contributed by atoms with van der Waals surface area (Å²) < 4.78 is 4.56. The quantitative estimate of drug-likeness (QED) is 0.341. The zero-order chi connectivity index (χ0) is 7.54. The number of hydrogen-bond acceptors (Lipinski definition) is 3. The van der Waals surface area contributed by atoms with Gasteiger partial charge in [0.15, 0.2) is 0 Å². The number of ether oxygens (including phenoxy) is 1. The van der Waals surface area contributed by atoms with E-state index in [2.05, 4.69) is 11.3 Å². The zero-order valence-corrected chi connectivity index (χ0v) is 5.38. The molecule has 0 aliphatic carbocycles. The molecule has 0 rings (SSSR count). The van der Waals surface area contributed by atoms with Gasteiger partial charge in [-0.1, -0.05) is 6.08 Å². The molecule has 54 valence electrons. The summed E-state index contributed by atoms with van der Waals surface area (Å²) in [4.78, 5) is 8.00. The van der Waals surface area contributed by atoms with E-state index in [1.54, 1.807) is 6.08 Å². The summed E-state index contributed by atoms with van der Waals surface area (Å²) in [5.74, 6) is 0. The average molecular weight is 132 g/mol. The lowest BCUT2D eigenvalue weighted by atomic mass is 10.5. The molecule has 0 unspecified atom stereocenters. The predicted octanol–water partition coefficient (Wildman–Crippen LogP) is 0.344. The SMILES string of the molecule is C=CCCOCO.C=O. The van der Waals surface area contributed by atoms with Gasteiger partial charge in [-0.05, 0) is 6.42 Å². The molecule has 0 aliphatic rings. The first-order valence-corrected chi connectivity index (χ1v) is 2.50. The fourth-order valence-electron chi connectivity index (χ4n) is 0.231. The molecule has 3 nitrogen and oxygen atoms in total. The summed E-state index contributed by atoms with van der Waals surface area (Å²) in [5.41, 5.74) is 0. The molecule has 0 amide bonds. The van der Waals surface area contributed by atoms with E-state index in [1.165, 1.54) is 0 Å². The van der Waals surface area contributed by atoms with Crippen LogP contribution in [-0.2, 0) is 9.53 Å². The summed E-state index contributed by atoms with van der Waals surface area (Å²) in [5, 5.41) is 8.04. The minimum absolute atomic E-state index is 0.187. The smallest absolute Gasteiger partial charge is 0.143 e. The third kappa shape index (κ3) is 18.8. The molecule has 0 aromatic carbocycles. The van der Waals surface area contributed by atoms with Gasteiger partial charge in [-0.2, -0.15) is 0 Å². The second-order valence-corrected chi connectivity index (χ2v) is 1.11. The topological polar surface area (TPSA) is 46.5 Å². The number of carbonyl (C=O) groups is 1. The molecule has 0 spiro atoms. The largest absolute Gasteiger partial charge is 0.371 e. The van der Waals surface area contributed by atoms with Crippen LogP contribution < -0.4 is 0 Å². The van der Waals surface area contributed by atoms with Crippen LogP contribution in [0.25, 0.3) is 0 Å². The molecule has 9 heavy (non-hydrogen) atoms. The van der Waals surface area contributed by atoms with Crippen molar-refractivity contribution >= 4 is 6.79 Å². The first-order chi connectivity index (χ1) is 4.41. The van der Waals surface area contributed by atoms with Crippen molar-refractivity contribution in [1.29, 1.82) is 0 Å². The van der Waals surface area contributed by atoms with Gasteiger partial charge in [0, 0.05) is 0 Å². The van der Waals surface area contributed by atoms with Crippen LogP contribution in [-0.4, -0.2) is 25.3 Å². The van der Waals surface area contributed by atoms with Crippen LogP contribution in [0.3, 0.4) is 0 Å². The Kier molecular flexibility index (Phi) is 19.4. The van der Waals surface area contributed by atoms with Gasteiger partial charge < -0.3 is 14.6 Å². The first kappa shape index (κ1) is 11.2. The van der Waals surface area contributed by atoms with E-state index < -0.39 is 0 Å². The lowest BCUT2D eigenvalue weighted by Crippen LogP contribution is -1.92. The van der Waals surface area contributed by atoms with Crippen molar-refractivity contribution in [2.24, 2.45) is 0 Å². The van der Waals surface area contributed by atoms with Crippen molar-refractivity contribution in [2.75, 3.05) is 13.4 Å². The maximum Gasteiger partial charge on any atom is 0.143 e. The van der Waals surface area contributed by atoms with Crippen LogP contribution in [0, 0.1) is 0 Å². The van der Waals surface area contributed by atoms with E-state index >= 15 is 0 Å². The van der Waals surface area contributed by atoms with Gasteiger partial charge in [0.1, 0.15) is 13.6 Å². The van der Waals surface area contributed by atoms with Gasteiger partial charge in [0.25, 0.3) is 0 Å². The Morgan fingerprint density at radius 2 is 2.11 bits per heavy atom. The van der Waals surface area contributed by atoms with Crippen LogP contribution >= 0.6 is 0 Å². The van der Waals surface area contributed by atoms with Crippen molar-refractivity contribution in [3.8, 4) is 0 Å². The second-order valence-electron chi connectivity index (χ2n) is 1.11. The third-order valence-electron chi connectivity index (χ3n) is 0.558. The highest BCUT2D eigenvalue weighted by Crippen LogP contribution is 1.78. The fraction of sp³-hybridized carbons (Fsp3) is 0.500. The summed E-state index contributed by atoms with van der Waals surface area (Å²) >= 11 is 0. The van der Waals surface area contributed by atoms with Gasteiger partial charge in [0.05, 0.1) is 6.61 Å². The van der Waals surface area contributed by atoms with E-state index in [0.717, 1.165) is 6.42 Å².